The van der Waals surface area contributed by atoms with Gasteiger partial charge < -0.3 is 10.1 Å². The van der Waals surface area contributed by atoms with Crippen LogP contribution in [0, 0.1) is 0 Å². The molecule has 0 fully saturated rings. The van der Waals surface area contributed by atoms with Crippen LogP contribution in [0.1, 0.15) is 10.5 Å². The molecule has 2 heterocycles. The number of nitrogens with one attached hydrogen (secondary N) is 1. The van der Waals surface area contributed by atoms with Crippen LogP contribution in [0.15, 0.2) is 30.6 Å². The zero-order chi connectivity index (χ0) is 10.8. The summed E-state index contributed by atoms with van der Waals surface area (Å²) in [5, 5.41) is 9.11. The summed E-state index contributed by atoms with van der Waals surface area (Å²) in [5.41, 5.74) is 1.76. The van der Waals surface area contributed by atoms with E-state index in [0.29, 0.717) is 5.15 Å². The molecule has 2 aromatic heterocycles. The molecule has 2 aromatic rings. The smallest absolute Gasteiger partial charge is 0.352 e. The minimum Gasteiger partial charge on any atom is -0.477 e. The van der Waals surface area contributed by atoms with Gasteiger partial charge in [-0.15, -0.1) is 0 Å². The Morgan fingerprint density at radius 1 is 1.38 bits per heavy atom. The number of carboxylic acids is 1. The van der Waals surface area contributed by atoms with E-state index >= 15 is 0 Å². The van der Waals surface area contributed by atoms with Crippen LogP contribution in [0.3, 0.4) is 0 Å². The van der Waals surface area contributed by atoms with Crippen LogP contribution in [0.2, 0.25) is 5.15 Å². The minimum atomic E-state index is -0.985. The van der Waals surface area contributed by atoms with Crippen molar-refractivity contribution in [1.82, 2.24) is 9.97 Å². The average molecular weight is 230 g/mol. The molecule has 2 N–H and O–H groups in total. The molecule has 0 aliphatic heterocycles. The van der Waals surface area contributed by atoms with Gasteiger partial charge >= 0.3 is 5.97 Å². The van der Waals surface area contributed by atoms with E-state index in [1.807, 2.05) is 0 Å². The third kappa shape index (κ3) is 2.67. The largest absolute Gasteiger partial charge is 0.477 e. The number of carbonyl (C=O) groups is 1. The first-order valence-electron chi connectivity index (χ1n) is 4.20. The summed E-state index contributed by atoms with van der Waals surface area (Å²) in [6.45, 7) is 0. The minimum absolute atomic E-state index is 0. The third-order valence-electron chi connectivity index (χ3n) is 1.97. The summed E-state index contributed by atoms with van der Waals surface area (Å²) in [5.74, 6) is -0.985. The van der Waals surface area contributed by atoms with E-state index in [9.17, 15) is 4.79 Å². The van der Waals surface area contributed by atoms with Crippen LogP contribution in [0.25, 0.3) is 11.1 Å². The Hall–Kier alpha value is -1.21. The maximum atomic E-state index is 10.6. The maximum Gasteiger partial charge on any atom is 0.352 e. The van der Waals surface area contributed by atoms with E-state index in [2.05, 4.69) is 9.97 Å². The normalized spacial score (nSPS) is 9.56. The Morgan fingerprint density at radius 2 is 2.12 bits per heavy atom. The Kier molecular flexibility index (Phi) is 4.19. The number of rotatable bonds is 2. The van der Waals surface area contributed by atoms with E-state index in [0.717, 1.165) is 11.1 Å². The third-order valence-corrected chi connectivity index (χ3v) is 2.18. The molecule has 16 heavy (non-hydrogen) atoms. The van der Waals surface area contributed by atoms with Gasteiger partial charge in [-0.05, 0) is 23.8 Å². The monoisotopic (exact) mass is 229 g/mol. The quantitative estimate of drug-likeness (QED) is 0.612. The molecule has 0 aliphatic rings. The zero-order valence-corrected chi connectivity index (χ0v) is 9.32. The molecule has 77 valence electrons. The number of hydrogen-bond acceptors (Lipinski definition) is 2. The van der Waals surface area contributed by atoms with Crippen molar-refractivity contribution in [2.75, 3.05) is 0 Å². The average Bonchev–Trinajstić information content (AvgIpc) is 2.66. The van der Waals surface area contributed by atoms with Crippen molar-refractivity contribution in [3.05, 3.63) is 41.4 Å². The fourth-order valence-corrected chi connectivity index (χ4v) is 1.44. The van der Waals surface area contributed by atoms with Gasteiger partial charge in [-0.2, -0.15) is 0 Å². The van der Waals surface area contributed by atoms with Gasteiger partial charge in [-0.3, -0.25) is 0 Å². The van der Waals surface area contributed by atoms with Gasteiger partial charge in [-0.1, -0.05) is 11.6 Å². The summed E-state index contributed by atoms with van der Waals surface area (Å²) in [4.78, 5) is 17.1. The van der Waals surface area contributed by atoms with E-state index < -0.39 is 5.97 Å². The molecule has 6 heteroatoms. The van der Waals surface area contributed by atoms with E-state index in [4.69, 9.17) is 16.7 Å². The van der Waals surface area contributed by atoms with Crippen LogP contribution in [-0.4, -0.2) is 39.9 Å². The van der Waals surface area contributed by atoms with Gasteiger partial charge in [-0.25, -0.2) is 9.78 Å². The predicted octanol–water partition coefficient (Wildman–Crippen LogP) is 2.05. The number of H-pyrrole nitrogens is 1. The van der Waals surface area contributed by atoms with Gasteiger partial charge in [0.2, 0.25) is 0 Å². The van der Waals surface area contributed by atoms with Crippen molar-refractivity contribution in [3.63, 3.8) is 0 Å². The molecule has 0 bridgehead atoms. The maximum absolute atomic E-state index is 10.6. The topological polar surface area (TPSA) is 66.0 Å². The SMILES string of the molecule is O=C(O)c1cc(-c2ccnc(Cl)c2)c[nH]1.[Li]. The molecule has 0 saturated carbocycles. The molecule has 0 saturated heterocycles. The molecule has 0 atom stereocenters. The van der Waals surface area contributed by atoms with Crippen molar-refractivity contribution in [3.8, 4) is 11.1 Å². The number of aromatic carboxylic acids is 1. The van der Waals surface area contributed by atoms with E-state index in [1.165, 1.54) is 0 Å². The molecule has 0 unspecified atom stereocenters. The standard InChI is InChI=1S/C10H7ClN2O2.Li/c11-9-4-6(1-2-12-9)7-3-8(10(14)15)13-5-7;/h1-5,13H,(H,14,15);. The predicted molar refractivity (Wildman–Crippen MR) is 61.7 cm³/mol. The number of hydrogen-bond donors (Lipinski definition) is 2. The second-order valence-electron chi connectivity index (χ2n) is 2.97. The molecular formula is C10H7ClLiN2O2. The molecule has 0 aromatic carbocycles. The van der Waals surface area contributed by atoms with Crippen molar-refractivity contribution in [2.45, 2.75) is 0 Å². The zero-order valence-electron chi connectivity index (χ0n) is 8.57. The van der Waals surface area contributed by atoms with Gasteiger partial charge in [0, 0.05) is 36.8 Å². The van der Waals surface area contributed by atoms with Gasteiger partial charge in [0.25, 0.3) is 0 Å². The number of aromatic nitrogens is 2. The number of aromatic amines is 1. The first kappa shape index (κ1) is 12.9. The van der Waals surface area contributed by atoms with Crippen LogP contribution in [-0.2, 0) is 0 Å². The van der Waals surface area contributed by atoms with Crippen LogP contribution in [0.4, 0.5) is 0 Å². The van der Waals surface area contributed by atoms with Crippen molar-refractivity contribution >= 4 is 36.4 Å². The first-order chi connectivity index (χ1) is 7.16. The molecule has 0 aliphatic carbocycles. The van der Waals surface area contributed by atoms with Crippen LogP contribution in [0.5, 0.6) is 0 Å². The summed E-state index contributed by atoms with van der Waals surface area (Å²) in [6, 6.07) is 4.99. The van der Waals surface area contributed by atoms with Crippen LogP contribution < -0.4 is 0 Å². The Balaban J connectivity index is 0.00000128. The molecule has 1 radical (unpaired) electrons. The molecule has 2 rings (SSSR count). The summed E-state index contributed by atoms with van der Waals surface area (Å²) in [7, 11) is 0. The fraction of sp³-hybridized carbons (Fsp3) is 0. The summed E-state index contributed by atoms with van der Waals surface area (Å²) in [6.07, 6.45) is 3.19. The molecular weight excluding hydrogens is 223 g/mol. The fourth-order valence-electron chi connectivity index (χ4n) is 1.27. The Morgan fingerprint density at radius 3 is 2.69 bits per heavy atom. The summed E-state index contributed by atoms with van der Waals surface area (Å²) >= 11 is 5.73. The first-order valence-corrected chi connectivity index (χ1v) is 4.58. The second-order valence-corrected chi connectivity index (χ2v) is 3.36. The van der Waals surface area contributed by atoms with Crippen LogP contribution >= 0.6 is 11.6 Å². The molecule has 4 nitrogen and oxygen atoms in total. The number of carboxylic acid groups (broad SMARTS) is 1. The Labute approximate surface area is 109 Å². The number of nitrogens with zero attached hydrogens (tertiary/aromatic N) is 1. The van der Waals surface area contributed by atoms with Crippen molar-refractivity contribution in [2.24, 2.45) is 0 Å². The number of pyridine rings is 1. The van der Waals surface area contributed by atoms with E-state index in [-0.39, 0.29) is 24.6 Å². The van der Waals surface area contributed by atoms with Gasteiger partial charge in [0.15, 0.2) is 0 Å². The summed E-state index contributed by atoms with van der Waals surface area (Å²) < 4.78 is 0. The molecule has 0 spiro atoms. The van der Waals surface area contributed by atoms with Crippen molar-refractivity contribution < 1.29 is 9.90 Å². The van der Waals surface area contributed by atoms with Crippen molar-refractivity contribution in [1.29, 1.82) is 0 Å². The van der Waals surface area contributed by atoms with Gasteiger partial charge in [0.05, 0.1) is 0 Å². The van der Waals surface area contributed by atoms with Gasteiger partial charge in [0.1, 0.15) is 10.8 Å². The Bertz CT molecular complexity index is 513. The number of halogens is 1. The second kappa shape index (κ2) is 5.22. The molecule has 0 amide bonds. The van der Waals surface area contributed by atoms with E-state index in [1.54, 1.807) is 30.6 Å².